The summed E-state index contributed by atoms with van der Waals surface area (Å²) in [6.07, 6.45) is 2.59. The van der Waals surface area contributed by atoms with Gasteiger partial charge in [0.2, 0.25) is 5.91 Å². The molecule has 2 amide bonds. The molecule has 0 saturated heterocycles. The lowest BCUT2D eigenvalue weighted by Gasteiger charge is -2.19. The number of hydrogen-bond acceptors (Lipinski definition) is 3. The lowest BCUT2D eigenvalue weighted by atomic mass is 10.1. The second-order valence-electron chi connectivity index (χ2n) is 7.55. The number of carbonyl (C=O) groups is 2. The van der Waals surface area contributed by atoms with Crippen molar-refractivity contribution in [1.29, 1.82) is 0 Å². The van der Waals surface area contributed by atoms with Gasteiger partial charge in [0.15, 0.2) is 0 Å². The molecule has 0 aliphatic heterocycles. The molecule has 0 bridgehead atoms. The number of benzene rings is 2. The Morgan fingerprint density at radius 2 is 1.79 bits per heavy atom. The zero-order valence-electron chi connectivity index (χ0n) is 17.7. The van der Waals surface area contributed by atoms with Crippen LogP contribution < -0.4 is 15.5 Å². The van der Waals surface area contributed by atoms with Crippen LogP contribution in [0, 0.1) is 6.92 Å². The highest BCUT2D eigenvalue weighted by Gasteiger charge is 2.21. The third-order valence-electron chi connectivity index (χ3n) is 4.63. The Kier molecular flexibility index (Phi) is 9.22. The van der Waals surface area contributed by atoms with Crippen molar-refractivity contribution in [2.45, 2.75) is 32.5 Å². The number of hydrogen-bond donors (Lipinski definition) is 3. The average molecular weight is 415 g/mol. The summed E-state index contributed by atoms with van der Waals surface area (Å²) < 4.78 is 0. The number of nitrogens with one attached hydrogen (secondary N) is 3. The molecule has 2 aromatic carbocycles. The van der Waals surface area contributed by atoms with Gasteiger partial charge < -0.3 is 15.5 Å². The highest BCUT2D eigenvalue weighted by atomic mass is 32.2. The normalized spacial score (nSPS) is 11.9. The fourth-order valence-electron chi connectivity index (χ4n) is 3.12. The zero-order chi connectivity index (χ0) is 21.2. The Labute approximate surface area is 178 Å². The van der Waals surface area contributed by atoms with Crippen LogP contribution in [0.25, 0.3) is 0 Å². The largest absolute Gasteiger partial charge is 0.350 e. The maximum absolute atomic E-state index is 12.8. The molecule has 0 fully saturated rings. The van der Waals surface area contributed by atoms with E-state index in [1.165, 1.54) is 10.5 Å². The molecule has 5 nitrogen and oxygen atoms in total. The van der Waals surface area contributed by atoms with Crippen molar-refractivity contribution in [1.82, 2.24) is 10.6 Å². The Balaban J connectivity index is 2.04. The molecular formula is C23H32N3O2S+. The number of carbonyl (C=O) groups excluding carboxylic acids is 2. The minimum absolute atomic E-state index is 0.146. The molecule has 0 aliphatic rings. The summed E-state index contributed by atoms with van der Waals surface area (Å²) >= 11 is 1.66. The van der Waals surface area contributed by atoms with Crippen molar-refractivity contribution < 1.29 is 14.5 Å². The fraction of sp³-hybridized carbons (Fsp3) is 0.391. The Hall–Kier alpha value is -2.31. The van der Waals surface area contributed by atoms with E-state index >= 15 is 0 Å². The zero-order valence-corrected chi connectivity index (χ0v) is 18.6. The molecule has 0 saturated carbocycles. The van der Waals surface area contributed by atoms with Crippen LogP contribution in [-0.2, 0) is 17.9 Å². The van der Waals surface area contributed by atoms with Gasteiger partial charge in [-0.1, -0.05) is 42.0 Å². The van der Waals surface area contributed by atoms with Gasteiger partial charge in [-0.3, -0.25) is 9.59 Å². The average Bonchev–Trinajstić information content (AvgIpc) is 2.69. The van der Waals surface area contributed by atoms with Gasteiger partial charge in [0.05, 0.1) is 14.1 Å². The van der Waals surface area contributed by atoms with E-state index < -0.39 is 6.04 Å². The maximum atomic E-state index is 12.8. The van der Waals surface area contributed by atoms with E-state index in [4.69, 9.17) is 0 Å². The van der Waals surface area contributed by atoms with Crippen molar-refractivity contribution >= 4 is 23.6 Å². The van der Waals surface area contributed by atoms with Crippen LogP contribution in [0.15, 0.2) is 48.5 Å². The van der Waals surface area contributed by atoms with Crippen LogP contribution in [0.2, 0.25) is 0 Å². The molecule has 29 heavy (non-hydrogen) atoms. The minimum Gasteiger partial charge on any atom is -0.350 e. The smallest absolute Gasteiger partial charge is 0.251 e. The molecule has 0 radical (unpaired) electrons. The Morgan fingerprint density at radius 3 is 2.45 bits per heavy atom. The van der Waals surface area contributed by atoms with E-state index in [9.17, 15) is 9.59 Å². The second-order valence-corrected chi connectivity index (χ2v) is 8.53. The maximum Gasteiger partial charge on any atom is 0.251 e. The molecule has 1 atom stereocenters. The molecule has 0 spiro atoms. The van der Waals surface area contributed by atoms with Crippen LogP contribution in [0.1, 0.15) is 33.5 Å². The molecule has 2 aromatic rings. The Morgan fingerprint density at radius 1 is 1.07 bits per heavy atom. The van der Waals surface area contributed by atoms with Gasteiger partial charge in [-0.2, -0.15) is 11.8 Å². The summed E-state index contributed by atoms with van der Waals surface area (Å²) in [6.45, 7) is 3.30. The monoisotopic (exact) mass is 414 g/mol. The lowest BCUT2D eigenvalue weighted by Crippen LogP contribution is -3.04. The topological polar surface area (TPSA) is 62.6 Å². The molecule has 3 N–H and O–H groups in total. The molecule has 0 aromatic heterocycles. The number of amides is 2. The van der Waals surface area contributed by atoms with Gasteiger partial charge in [0.1, 0.15) is 12.6 Å². The summed E-state index contributed by atoms with van der Waals surface area (Å²) in [5.74, 6) is 0.436. The second kappa shape index (κ2) is 11.6. The summed E-state index contributed by atoms with van der Waals surface area (Å²) in [5, 5.41) is 5.93. The number of rotatable bonds is 10. The van der Waals surface area contributed by atoms with Crippen LogP contribution in [0.4, 0.5) is 0 Å². The molecule has 156 valence electrons. The summed E-state index contributed by atoms with van der Waals surface area (Å²) in [6, 6.07) is 15.0. The predicted octanol–water partition coefficient (Wildman–Crippen LogP) is 1.81. The summed E-state index contributed by atoms with van der Waals surface area (Å²) in [4.78, 5) is 26.8. The summed E-state index contributed by atoms with van der Waals surface area (Å²) in [7, 11) is 4.21. The van der Waals surface area contributed by atoms with Crippen molar-refractivity contribution in [3.8, 4) is 0 Å². The van der Waals surface area contributed by atoms with E-state index in [1.807, 2.05) is 49.6 Å². The SMILES string of the molecule is CSCC[C@H](NC(=O)c1cccc(C)c1)C(=O)NCc1ccccc1C[NH+](C)C. The van der Waals surface area contributed by atoms with Crippen molar-refractivity contribution in [2.24, 2.45) is 0 Å². The lowest BCUT2D eigenvalue weighted by molar-refractivity contribution is -0.872. The van der Waals surface area contributed by atoms with Gasteiger partial charge in [-0.05, 0) is 43.0 Å². The van der Waals surface area contributed by atoms with E-state index in [2.05, 4.69) is 30.8 Å². The molecule has 6 heteroatoms. The standard InChI is InChI=1S/C23H31N3O2S/c1-17-8-7-11-18(14-17)22(27)25-21(12-13-29-4)23(28)24-15-19-9-5-6-10-20(19)16-26(2)3/h5-11,14,21H,12-13,15-16H2,1-4H3,(H,24,28)(H,25,27)/p+1/t21-/m0/s1. The third kappa shape index (κ3) is 7.55. The highest BCUT2D eigenvalue weighted by Crippen LogP contribution is 2.09. The van der Waals surface area contributed by atoms with Crippen LogP contribution in [0.3, 0.4) is 0 Å². The molecular weight excluding hydrogens is 382 g/mol. The third-order valence-corrected chi connectivity index (χ3v) is 5.27. The number of quaternary nitrogens is 1. The van der Waals surface area contributed by atoms with Crippen LogP contribution in [0.5, 0.6) is 0 Å². The first-order valence-corrected chi connectivity index (χ1v) is 11.3. The van der Waals surface area contributed by atoms with Crippen molar-refractivity contribution in [3.05, 3.63) is 70.8 Å². The van der Waals surface area contributed by atoms with Crippen LogP contribution >= 0.6 is 11.8 Å². The number of thioether (sulfide) groups is 1. The quantitative estimate of drug-likeness (QED) is 0.556. The van der Waals surface area contributed by atoms with E-state index in [1.54, 1.807) is 17.8 Å². The van der Waals surface area contributed by atoms with E-state index in [0.717, 1.165) is 23.4 Å². The number of aryl methyl sites for hydroxylation is 1. The van der Waals surface area contributed by atoms with Gasteiger partial charge in [-0.25, -0.2) is 0 Å². The summed E-state index contributed by atoms with van der Waals surface area (Å²) in [5.41, 5.74) is 3.92. The van der Waals surface area contributed by atoms with Gasteiger partial charge in [-0.15, -0.1) is 0 Å². The molecule has 0 heterocycles. The first-order valence-electron chi connectivity index (χ1n) is 9.90. The fourth-order valence-corrected chi connectivity index (χ4v) is 3.59. The highest BCUT2D eigenvalue weighted by molar-refractivity contribution is 7.98. The minimum atomic E-state index is -0.554. The predicted molar refractivity (Wildman–Crippen MR) is 120 cm³/mol. The van der Waals surface area contributed by atoms with Gasteiger partial charge in [0, 0.05) is 17.7 Å². The van der Waals surface area contributed by atoms with Gasteiger partial charge in [0.25, 0.3) is 5.91 Å². The van der Waals surface area contributed by atoms with E-state index in [-0.39, 0.29) is 11.8 Å². The first-order chi connectivity index (χ1) is 13.9. The van der Waals surface area contributed by atoms with Gasteiger partial charge >= 0.3 is 0 Å². The van der Waals surface area contributed by atoms with Crippen molar-refractivity contribution in [3.63, 3.8) is 0 Å². The molecule has 0 aliphatic carbocycles. The first kappa shape index (κ1) is 23.0. The van der Waals surface area contributed by atoms with Crippen molar-refractivity contribution in [2.75, 3.05) is 26.1 Å². The Bertz CT molecular complexity index is 823. The van der Waals surface area contributed by atoms with Crippen LogP contribution in [-0.4, -0.2) is 44.0 Å². The molecule has 2 rings (SSSR count). The van der Waals surface area contributed by atoms with E-state index in [0.29, 0.717) is 18.5 Å². The molecule has 0 unspecified atom stereocenters.